The normalized spacial score (nSPS) is 30.5. The lowest BCUT2D eigenvalue weighted by Crippen LogP contribution is -2.09. The van der Waals surface area contributed by atoms with Crippen LogP contribution in [0.5, 0.6) is 0 Å². The van der Waals surface area contributed by atoms with Crippen LogP contribution < -0.4 is 0 Å². The molecule has 0 radical (unpaired) electrons. The number of fused-ring (bicyclic) bond motifs is 1. The minimum absolute atomic E-state index is 0.260. The van der Waals surface area contributed by atoms with E-state index < -0.39 is 0 Å². The van der Waals surface area contributed by atoms with E-state index in [4.69, 9.17) is 0 Å². The van der Waals surface area contributed by atoms with Gasteiger partial charge in [0.15, 0.2) is 0 Å². The first-order valence-corrected chi connectivity index (χ1v) is 7.96. The number of hydrogen-bond donors (Lipinski definition) is 0. The number of nitro benzene ring substituents is 1. The van der Waals surface area contributed by atoms with Crippen LogP contribution in [0.1, 0.15) is 31.2 Å². The molecule has 19 heavy (non-hydrogen) atoms. The van der Waals surface area contributed by atoms with Crippen LogP contribution in [0.2, 0.25) is 0 Å². The van der Waals surface area contributed by atoms with Crippen molar-refractivity contribution in [3.05, 3.63) is 39.9 Å². The van der Waals surface area contributed by atoms with Crippen LogP contribution >= 0.6 is 15.9 Å². The quantitative estimate of drug-likeness (QED) is 0.470. The molecule has 0 amide bonds. The first kappa shape index (κ1) is 13.1. The third-order valence-electron chi connectivity index (χ3n) is 4.74. The lowest BCUT2D eigenvalue weighted by molar-refractivity contribution is -0.385. The zero-order valence-electron chi connectivity index (χ0n) is 10.8. The molecule has 1 aromatic carbocycles. The van der Waals surface area contributed by atoms with Crippen molar-refractivity contribution in [2.24, 2.45) is 17.8 Å². The Kier molecular flexibility index (Phi) is 3.61. The van der Waals surface area contributed by atoms with Gasteiger partial charge in [-0.2, -0.15) is 0 Å². The average Bonchev–Trinajstić information content (AvgIpc) is 3.13. The number of rotatable bonds is 4. The molecule has 3 nitrogen and oxygen atoms in total. The largest absolute Gasteiger partial charge is 0.272 e. The van der Waals surface area contributed by atoms with E-state index in [0.717, 1.165) is 29.7 Å². The first-order chi connectivity index (χ1) is 9.18. The van der Waals surface area contributed by atoms with E-state index in [1.54, 1.807) is 12.1 Å². The van der Waals surface area contributed by atoms with Gasteiger partial charge in [0.2, 0.25) is 0 Å². The summed E-state index contributed by atoms with van der Waals surface area (Å²) in [5.41, 5.74) is 1.12. The maximum absolute atomic E-state index is 11.0. The summed E-state index contributed by atoms with van der Waals surface area (Å²) in [7, 11) is 0. The highest BCUT2D eigenvalue weighted by Crippen LogP contribution is 2.59. The van der Waals surface area contributed by atoms with Gasteiger partial charge in [-0.1, -0.05) is 47.0 Å². The lowest BCUT2D eigenvalue weighted by atomic mass is 10.0. The Labute approximate surface area is 121 Å². The molecule has 2 aliphatic rings. The average molecular weight is 324 g/mol. The molecule has 0 aromatic heterocycles. The van der Waals surface area contributed by atoms with Crippen LogP contribution in [-0.2, 0) is 6.42 Å². The van der Waals surface area contributed by atoms with Crippen molar-refractivity contribution in [3.8, 4) is 0 Å². The summed E-state index contributed by atoms with van der Waals surface area (Å²) >= 11 is 3.79. The van der Waals surface area contributed by atoms with E-state index in [2.05, 4.69) is 15.9 Å². The second-order valence-corrected chi connectivity index (χ2v) is 6.97. The summed E-state index contributed by atoms with van der Waals surface area (Å²) in [6.07, 6.45) is 6.21. The summed E-state index contributed by atoms with van der Waals surface area (Å²) < 4.78 is 0. The molecule has 0 bridgehead atoms. The van der Waals surface area contributed by atoms with Gasteiger partial charge in [-0.15, -0.1) is 0 Å². The predicted molar refractivity (Wildman–Crippen MR) is 78.5 cm³/mol. The van der Waals surface area contributed by atoms with Crippen molar-refractivity contribution in [2.45, 2.75) is 36.9 Å². The molecule has 2 aliphatic carbocycles. The summed E-state index contributed by atoms with van der Waals surface area (Å²) in [5.74, 6) is 2.49. The molecule has 0 N–H and O–H groups in total. The van der Waals surface area contributed by atoms with Gasteiger partial charge in [0.25, 0.3) is 5.69 Å². The van der Waals surface area contributed by atoms with Gasteiger partial charge in [0.05, 0.1) is 4.92 Å². The Morgan fingerprint density at radius 2 is 1.89 bits per heavy atom. The second-order valence-electron chi connectivity index (χ2n) is 5.80. The Morgan fingerprint density at radius 3 is 2.53 bits per heavy atom. The molecule has 3 atom stereocenters. The highest BCUT2D eigenvalue weighted by atomic mass is 79.9. The first-order valence-electron chi connectivity index (χ1n) is 7.05. The van der Waals surface area contributed by atoms with Crippen molar-refractivity contribution in [1.29, 1.82) is 0 Å². The molecule has 0 aliphatic heterocycles. The van der Waals surface area contributed by atoms with Gasteiger partial charge in [0.1, 0.15) is 0 Å². The fourth-order valence-corrected chi connectivity index (χ4v) is 4.92. The Bertz CT molecular complexity index is 479. The predicted octanol–water partition coefficient (Wildman–Crippen LogP) is 4.34. The van der Waals surface area contributed by atoms with Crippen LogP contribution in [0.3, 0.4) is 0 Å². The number of nitrogens with zero attached hydrogens (tertiary/aromatic N) is 1. The maximum Gasteiger partial charge on any atom is 0.272 e. The zero-order valence-corrected chi connectivity index (χ0v) is 12.4. The molecule has 3 rings (SSSR count). The van der Waals surface area contributed by atoms with E-state index in [1.165, 1.54) is 25.7 Å². The third kappa shape index (κ3) is 2.55. The summed E-state index contributed by atoms with van der Waals surface area (Å²) in [4.78, 5) is 11.2. The molecule has 2 fully saturated rings. The van der Waals surface area contributed by atoms with E-state index >= 15 is 0 Å². The zero-order chi connectivity index (χ0) is 13.4. The van der Waals surface area contributed by atoms with Crippen LogP contribution in [0, 0.1) is 27.9 Å². The lowest BCUT2D eigenvalue weighted by Gasteiger charge is -2.09. The fraction of sp³-hybridized carbons (Fsp3) is 0.600. The Balaban J connectivity index is 1.70. The number of alkyl halides is 1. The van der Waals surface area contributed by atoms with Gasteiger partial charge >= 0.3 is 0 Å². The third-order valence-corrected chi connectivity index (χ3v) is 5.68. The van der Waals surface area contributed by atoms with Crippen molar-refractivity contribution in [1.82, 2.24) is 0 Å². The van der Waals surface area contributed by atoms with Gasteiger partial charge < -0.3 is 0 Å². The SMILES string of the molecule is O=[N+]([O-])c1ccccc1CC(Br)C1C2CCCCC21. The molecule has 1 aromatic rings. The van der Waals surface area contributed by atoms with Crippen molar-refractivity contribution in [3.63, 3.8) is 0 Å². The molecule has 0 saturated heterocycles. The minimum Gasteiger partial charge on any atom is -0.258 e. The monoisotopic (exact) mass is 323 g/mol. The highest BCUT2D eigenvalue weighted by molar-refractivity contribution is 9.09. The van der Waals surface area contributed by atoms with Crippen LogP contribution in [0.25, 0.3) is 0 Å². The van der Waals surface area contributed by atoms with E-state index in [-0.39, 0.29) is 10.6 Å². The molecule has 3 unspecified atom stereocenters. The fourth-order valence-electron chi connectivity index (χ4n) is 3.79. The molecule has 2 saturated carbocycles. The standard InChI is InChI=1S/C15H18BrNO2/c16-13(15-11-6-2-3-7-12(11)15)9-10-5-1-4-8-14(10)17(18)19/h1,4-5,8,11-13,15H,2-3,6-7,9H2. The van der Waals surface area contributed by atoms with Crippen LogP contribution in [0.15, 0.2) is 24.3 Å². The van der Waals surface area contributed by atoms with Crippen molar-refractivity contribution >= 4 is 21.6 Å². The smallest absolute Gasteiger partial charge is 0.258 e. The molecule has 102 valence electrons. The summed E-state index contributed by atoms with van der Waals surface area (Å²) in [6, 6.07) is 7.12. The number of nitro groups is 1. The molecular weight excluding hydrogens is 306 g/mol. The Hall–Kier alpha value is -0.900. The molecule has 0 heterocycles. The number of benzene rings is 1. The van der Waals surface area contributed by atoms with Crippen LogP contribution in [0.4, 0.5) is 5.69 Å². The number of hydrogen-bond acceptors (Lipinski definition) is 2. The second kappa shape index (κ2) is 5.23. The van der Waals surface area contributed by atoms with Gasteiger partial charge in [-0.3, -0.25) is 10.1 Å². The van der Waals surface area contributed by atoms with Crippen LogP contribution in [-0.4, -0.2) is 9.75 Å². The Morgan fingerprint density at radius 1 is 1.26 bits per heavy atom. The topological polar surface area (TPSA) is 43.1 Å². The molecule has 4 heteroatoms. The number of halogens is 1. The van der Waals surface area contributed by atoms with Gasteiger partial charge in [-0.05, 0) is 37.0 Å². The van der Waals surface area contributed by atoms with E-state index in [1.807, 2.05) is 12.1 Å². The minimum atomic E-state index is -0.269. The maximum atomic E-state index is 11.0. The molecular formula is C15H18BrNO2. The summed E-state index contributed by atoms with van der Waals surface area (Å²) in [5, 5.41) is 11.0. The van der Waals surface area contributed by atoms with Gasteiger partial charge in [-0.25, -0.2) is 0 Å². The van der Waals surface area contributed by atoms with Crippen molar-refractivity contribution in [2.75, 3.05) is 0 Å². The van der Waals surface area contributed by atoms with Gasteiger partial charge in [0, 0.05) is 16.5 Å². The van der Waals surface area contributed by atoms with E-state index in [0.29, 0.717) is 4.83 Å². The summed E-state index contributed by atoms with van der Waals surface area (Å²) in [6.45, 7) is 0. The molecule has 0 spiro atoms. The van der Waals surface area contributed by atoms with Crippen molar-refractivity contribution < 1.29 is 4.92 Å². The number of para-hydroxylation sites is 1. The highest BCUT2D eigenvalue weighted by Gasteiger charge is 2.53. The van der Waals surface area contributed by atoms with E-state index in [9.17, 15) is 10.1 Å².